The first-order valence-corrected chi connectivity index (χ1v) is 5.54. The molecule has 0 aromatic heterocycles. The van der Waals surface area contributed by atoms with Crippen LogP contribution < -0.4 is 0 Å². The Hall–Kier alpha value is -0.570. The SMILES string of the molecule is CCCCCCC(=O)OCCOCC. The lowest BCUT2D eigenvalue weighted by molar-refractivity contribution is -0.145. The van der Waals surface area contributed by atoms with Crippen molar-refractivity contribution in [3.8, 4) is 0 Å². The van der Waals surface area contributed by atoms with Gasteiger partial charge in [0, 0.05) is 13.0 Å². The Labute approximate surface area is 86.8 Å². The van der Waals surface area contributed by atoms with E-state index < -0.39 is 0 Å². The van der Waals surface area contributed by atoms with Crippen LogP contribution in [0.2, 0.25) is 0 Å². The van der Waals surface area contributed by atoms with Crippen LogP contribution in [-0.2, 0) is 14.3 Å². The third-order valence-electron chi connectivity index (χ3n) is 1.93. The zero-order valence-electron chi connectivity index (χ0n) is 9.38. The largest absolute Gasteiger partial charge is 0.463 e. The summed E-state index contributed by atoms with van der Waals surface area (Å²) < 4.78 is 10.0. The Morgan fingerprint density at radius 2 is 1.86 bits per heavy atom. The van der Waals surface area contributed by atoms with Gasteiger partial charge in [0.1, 0.15) is 6.61 Å². The number of ether oxygens (including phenoxy) is 2. The Morgan fingerprint density at radius 3 is 2.50 bits per heavy atom. The molecule has 0 atom stereocenters. The van der Waals surface area contributed by atoms with E-state index in [1.807, 2.05) is 6.92 Å². The Balaban J connectivity index is 3.11. The Kier molecular flexibility index (Phi) is 10.1. The molecular weight excluding hydrogens is 180 g/mol. The minimum Gasteiger partial charge on any atom is -0.463 e. The van der Waals surface area contributed by atoms with Crippen LogP contribution in [0.1, 0.15) is 46.0 Å². The number of rotatable bonds is 9. The molecule has 0 saturated heterocycles. The van der Waals surface area contributed by atoms with Crippen LogP contribution >= 0.6 is 0 Å². The third kappa shape index (κ3) is 9.52. The van der Waals surface area contributed by atoms with E-state index in [-0.39, 0.29) is 5.97 Å². The Morgan fingerprint density at radius 1 is 1.07 bits per heavy atom. The molecule has 14 heavy (non-hydrogen) atoms. The van der Waals surface area contributed by atoms with Crippen LogP contribution in [0, 0.1) is 0 Å². The normalized spacial score (nSPS) is 10.1. The topological polar surface area (TPSA) is 35.5 Å². The molecule has 0 saturated carbocycles. The summed E-state index contributed by atoms with van der Waals surface area (Å²) in [5, 5.41) is 0. The highest BCUT2D eigenvalue weighted by Gasteiger charge is 2.01. The molecule has 0 aromatic carbocycles. The van der Waals surface area contributed by atoms with Gasteiger partial charge in [0.2, 0.25) is 0 Å². The summed E-state index contributed by atoms with van der Waals surface area (Å²) in [4.78, 5) is 11.1. The first-order valence-electron chi connectivity index (χ1n) is 5.54. The second-order valence-corrected chi connectivity index (χ2v) is 3.23. The minimum absolute atomic E-state index is 0.0965. The second-order valence-electron chi connectivity index (χ2n) is 3.23. The van der Waals surface area contributed by atoms with Crippen LogP contribution in [0.15, 0.2) is 0 Å². The molecule has 0 unspecified atom stereocenters. The fourth-order valence-corrected chi connectivity index (χ4v) is 1.13. The highest BCUT2D eigenvalue weighted by molar-refractivity contribution is 5.69. The summed E-state index contributed by atoms with van der Waals surface area (Å²) in [6.45, 7) is 5.65. The van der Waals surface area contributed by atoms with Gasteiger partial charge in [-0.15, -0.1) is 0 Å². The van der Waals surface area contributed by atoms with Crippen molar-refractivity contribution in [2.75, 3.05) is 19.8 Å². The molecule has 0 spiro atoms. The fourth-order valence-electron chi connectivity index (χ4n) is 1.13. The molecule has 0 amide bonds. The predicted octanol–water partition coefficient (Wildman–Crippen LogP) is 2.54. The van der Waals surface area contributed by atoms with Gasteiger partial charge < -0.3 is 9.47 Å². The lowest BCUT2D eigenvalue weighted by Crippen LogP contribution is -2.10. The molecule has 0 fully saturated rings. The monoisotopic (exact) mass is 202 g/mol. The maximum Gasteiger partial charge on any atom is 0.305 e. The maximum atomic E-state index is 11.1. The van der Waals surface area contributed by atoms with Crippen LogP contribution in [0.3, 0.4) is 0 Å². The van der Waals surface area contributed by atoms with Gasteiger partial charge in [-0.2, -0.15) is 0 Å². The number of carbonyl (C=O) groups excluding carboxylic acids is 1. The van der Waals surface area contributed by atoms with Gasteiger partial charge in [-0.25, -0.2) is 0 Å². The average molecular weight is 202 g/mol. The van der Waals surface area contributed by atoms with Crippen molar-refractivity contribution in [2.45, 2.75) is 46.0 Å². The highest BCUT2D eigenvalue weighted by Crippen LogP contribution is 2.03. The lowest BCUT2D eigenvalue weighted by atomic mass is 10.2. The Bertz CT molecular complexity index is 120. The van der Waals surface area contributed by atoms with Crippen LogP contribution in [0.5, 0.6) is 0 Å². The van der Waals surface area contributed by atoms with E-state index in [4.69, 9.17) is 9.47 Å². The van der Waals surface area contributed by atoms with Crippen molar-refractivity contribution in [1.82, 2.24) is 0 Å². The summed E-state index contributed by atoms with van der Waals surface area (Å²) in [7, 11) is 0. The van der Waals surface area contributed by atoms with Gasteiger partial charge in [0.05, 0.1) is 6.61 Å². The number of hydrogen-bond acceptors (Lipinski definition) is 3. The van der Waals surface area contributed by atoms with Crippen molar-refractivity contribution >= 4 is 5.97 Å². The molecule has 3 heteroatoms. The zero-order chi connectivity index (χ0) is 10.6. The molecule has 0 aromatic rings. The molecular formula is C11H22O3. The fraction of sp³-hybridized carbons (Fsp3) is 0.909. The maximum absolute atomic E-state index is 11.1. The first-order chi connectivity index (χ1) is 6.81. The molecule has 0 radical (unpaired) electrons. The first kappa shape index (κ1) is 13.4. The summed E-state index contributed by atoms with van der Waals surface area (Å²) in [6, 6.07) is 0. The average Bonchev–Trinajstić information content (AvgIpc) is 2.19. The van der Waals surface area contributed by atoms with E-state index in [9.17, 15) is 4.79 Å². The summed E-state index contributed by atoms with van der Waals surface area (Å²) >= 11 is 0. The van der Waals surface area contributed by atoms with Crippen LogP contribution in [0.4, 0.5) is 0 Å². The third-order valence-corrected chi connectivity index (χ3v) is 1.93. The molecule has 0 aliphatic heterocycles. The van der Waals surface area contributed by atoms with E-state index >= 15 is 0 Å². The van der Waals surface area contributed by atoms with Gasteiger partial charge in [-0.1, -0.05) is 26.2 Å². The molecule has 0 N–H and O–H groups in total. The van der Waals surface area contributed by atoms with Gasteiger partial charge >= 0.3 is 5.97 Å². The van der Waals surface area contributed by atoms with E-state index in [0.717, 1.165) is 12.8 Å². The molecule has 0 aliphatic carbocycles. The molecule has 84 valence electrons. The van der Waals surface area contributed by atoms with Gasteiger partial charge in [-0.05, 0) is 13.3 Å². The second kappa shape index (κ2) is 10.5. The lowest BCUT2D eigenvalue weighted by Gasteiger charge is -2.04. The van der Waals surface area contributed by atoms with E-state index in [1.54, 1.807) is 0 Å². The molecule has 0 heterocycles. The predicted molar refractivity (Wildman–Crippen MR) is 56.2 cm³/mol. The highest BCUT2D eigenvalue weighted by atomic mass is 16.6. The quantitative estimate of drug-likeness (QED) is 0.426. The summed E-state index contributed by atoms with van der Waals surface area (Å²) in [5.41, 5.74) is 0. The molecule has 0 aliphatic rings. The van der Waals surface area contributed by atoms with Crippen LogP contribution in [-0.4, -0.2) is 25.8 Å². The zero-order valence-corrected chi connectivity index (χ0v) is 9.38. The van der Waals surface area contributed by atoms with Gasteiger partial charge in [-0.3, -0.25) is 4.79 Å². The van der Waals surface area contributed by atoms with Crippen LogP contribution in [0.25, 0.3) is 0 Å². The number of hydrogen-bond donors (Lipinski definition) is 0. The van der Waals surface area contributed by atoms with E-state index in [0.29, 0.717) is 26.2 Å². The van der Waals surface area contributed by atoms with E-state index in [1.165, 1.54) is 12.8 Å². The summed E-state index contributed by atoms with van der Waals surface area (Å²) in [5.74, 6) is -0.0965. The number of carbonyl (C=O) groups is 1. The smallest absolute Gasteiger partial charge is 0.305 e. The van der Waals surface area contributed by atoms with Crippen molar-refractivity contribution in [3.63, 3.8) is 0 Å². The molecule has 0 rings (SSSR count). The standard InChI is InChI=1S/C11H22O3/c1-3-5-6-7-8-11(12)14-10-9-13-4-2/h3-10H2,1-2H3. The van der Waals surface area contributed by atoms with E-state index in [2.05, 4.69) is 6.92 Å². The number of esters is 1. The number of unbranched alkanes of at least 4 members (excludes halogenated alkanes) is 3. The minimum atomic E-state index is -0.0965. The van der Waals surface area contributed by atoms with Crippen molar-refractivity contribution in [3.05, 3.63) is 0 Å². The van der Waals surface area contributed by atoms with Gasteiger partial charge in [0.25, 0.3) is 0 Å². The van der Waals surface area contributed by atoms with Crippen molar-refractivity contribution < 1.29 is 14.3 Å². The van der Waals surface area contributed by atoms with Gasteiger partial charge in [0.15, 0.2) is 0 Å². The van der Waals surface area contributed by atoms with Crippen molar-refractivity contribution in [2.24, 2.45) is 0 Å². The van der Waals surface area contributed by atoms with Crippen molar-refractivity contribution in [1.29, 1.82) is 0 Å². The molecule has 3 nitrogen and oxygen atoms in total. The summed E-state index contributed by atoms with van der Waals surface area (Å²) in [6.07, 6.45) is 5.01. The molecule has 0 bridgehead atoms.